The second kappa shape index (κ2) is 12.3. The third-order valence-corrected chi connectivity index (χ3v) is 6.09. The molecule has 0 unspecified atom stereocenters. The Bertz CT molecular complexity index is 860. The first-order valence-corrected chi connectivity index (χ1v) is 11.5. The lowest BCUT2D eigenvalue weighted by molar-refractivity contribution is -0.138. The van der Waals surface area contributed by atoms with Crippen LogP contribution in [0.1, 0.15) is 38.3 Å². The number of benzene rings is 2. The minimum absolute atomic E-state index is 0.0309. The number of halogens is 1. The van der Waals surface area contributed by atoms with Gasteiger partial charge in [0.05, 0.1) is 12.9 Å². The first-order chi connectivity index (χ1) is 14.8. The second-order valence-electron chi connectivity index (χ2n) is 7.45. The van der Waals surface area contributed by atoms with Crippen molar-refractivity contribution in [2.75, 3.05) is 12.9 Å². The summed E-state index contributed by atoms with van der Waals surface area (Å²) in [7, 11) is 1.60. The molecule has 2 atom stereocenters. The number of methoxy groups -OCH3 is 1. The molecule has 1 N–H and O–H groups in total. The van der Waals surface area contributed by atoms with Crippen LogP contribution >= 0.6 is 11.8 Å². The highest BCUT2D eigenvalue weighted by Crippen LogP contribution is 2.19. The van der Waals surface area contributed by atoms with Crippen LogP contribution in [-0.2, 0) is 21.9 Å². The smallest absolute Gasteiger partial charge is 0.242 e. The van der Waals surface area contributed by atoms with Crippen LogP contribution in [0.5, 0.6) is 5.75 Å². The molecular weight excluding hydrogens is 415 g/mol. The van der Waals surface area contributed by atoms with Crippen LogP contribution in [0.4, 0.5) is 4.39 Å². The molecule has 0 bridgehead atoms. The standard InChI is InChI=1S/C24H31FN2O3S/c1-5-17(2)26-24(29)18(3)27(14-19-10-12-21(30-4)13-11-19)23(28)16-31-15-20-8-6-7-9-22(20)25/h6-13,17-18H,5,14-16H2,1-4H3,(H,26,29)/t17-,18+/m1/s1. The van der Waals surface area contributed by atoms with E-state index in [-0.39, 0.29) is 29.4 Å². The van der Waals surface area contributed by atoms with Gasteiger partial charge in [-0.3, -0.25) is 9.59 Å². The van der Waals surface area contributed by atoms with Crippen LogP contribution in [0.15, 0.2) is 48.5 Å². The van der Waals surface area contributed by atoms with E-state index in [1.807, 2.05) is 38.1 Å². The third-order valence-electron chi connectivity index (χ3n) is 5.12. The second-order valence-corrected chi connectivity index (χ2v) is 8.43. The lowest BCUT2D eigenvalue weighted by atomic mass is 10.1. The highest BCUT2D eigenvalue weighted by atomic mass is 32.2. The van der Waals surface area contributed by atoms with Crippen LogP contribution in [0, 0.1) is 5.82 Å². The molecule has 0 radical (unpaired) electrons. The molecule has 31 heavy (non-hydrogen) atoms. The predicted octanol–water partition coefficient (Wildman–Crippen LogP) is 4.40. The van der Waals surface area contributed by atoms with Crippen molar-refractivity contribution in [1.29, 1.82) is 0 Å². The fourth-order valence-corrected chi connectivity index (χ4v) is 3.82. The number of ether oxygens (including phenoxy) is 1. The summed E-state index contributed by atoms with van der Waals surface area (Å²) in [6.45, 7) is 5.97. The Morgan fingerprint density at radius 1 is 1.13 bits per heavy atom. The number of carbonyl (C=O) groups is 2. The van der Waals surface area contributed by atoms with E-state index in [1.165, 1.54) is 17.8 Å². The van der Waals surface area contributed by atoms with Gasteiger partial charge in [0.1, 0.15) is 17.6 Å². The summed E-state index contributed by atoms with van der Waals surface area (Å²) in [6.07, 6.45) is 0.809. The van der Waals surface area contributed by atoms with Gasteiger partial charge in [0, 0.05) is 18.3 Å². The average molecular weight is 447 g/mol. The number of nitrogens with zero attached hydrogens (tertiary/aromatic N) is 1. The Kier molecular flexibility index (Phi) is 9.85. The lowest BCUT2D eigenvalue weighted by Crippen LogP contribution is -2.50. The third kappa shape index (κ3) is 7.58. The van der Waals surface area contributed by atoms with E-state index in [0.29, 0.717) is 17.9 Å². The molecule has 0 spiro atoms. The van der Waals surface area contributed by atoms with Crippen molar-refractivity contribution in [3.05, 3.63) is 65.5 Å². The van der Waals surface area contributed by atoms with Gasteiger partial charge in [0.25, 0.3) is 0 Å². The molecule has 2 amide bonds. The number of carbonyl (C=O) groups excluding carboxylic acids is 2. The molecule has 0 fully saturated rings. The number of hydrogen-bond acceptors (Lipinski definition) is 4. The van der Waals surface area contributed by atoms with Crippen LogP contribution in [0.2, 0.25) is 0 Å². The van der Waals surface area contributed by atoms with E-state index in [0.717, 1.165) is 17.7 Å². The van der Waals surface area contributed by atoms with Gasteiger partial charge in [-0.1, -0.05) is 37.3 Å². The van der Waals surface area contributed by atoms with E-state index in [1.54, 1.807) is 37.1 Å². The number of rotatable bonds is 11. The molecule has 5 nitrogen and oxygen atoms in total. The van der Waals surface area contributed by atoms with Gasteiger partial charge in [-0.2, -0.15) is 0 Å². The molecule has 2 aromatic carbocycles. The fourth-order valence-electron chi connectivity index (χ4n) is 2.92. The maximum absolute atomic E-state index is 13.8. The summed E-state index contributed by atoms with van der Waals surface area (Å²) >= 11 is 1.34. The van der Waals surface area contributed by atoms with Crippen LogP contribution in [0.25, 0.3) is 0 Å². The number of hydrogen-bond donors (Lipinski definition) is 1. The summed E-state index contributed by atoms with van der Waals surface area (Å²) in [5.74, 6) is 0.649. The van der Waals surface area contributed by atoms with Crippen LogP contribution < -0.4 is 10.1 Å². The van der Waals surface area contributed by atoms with E-state index in [9.17, 15) is 14.0 Å². The topological polar surface area (TPSA) is 58.6 Å². The number of thioether (sulfide) groups is 1. The zero-order chi connectivity index (χ0) is 22.8. The number of nitrogens with one attached hydrogen (secondary N) is 1. The number of amides is 2. The highest BCUT2D eigenvalue weighted by molar-refractivity contribution is 7.99. The molecule has 0 aromatic heterocycles. The predicted molar refractivity (Wildman–Crippen MR) is 123 cm³/mol. The van der Waals surface area contributed by atoms with Crippen molar-refractivity contribution in [1.82, 2.24) is 10.2 Å². The summed E-state index contributed by atoms with van der Waals surface area (Å²) in [5.41, 5.74) is 1.46. The van der Waals surface area contributed by atoms with E-state index in [4.69, 9.17) is 4.74 Å². The Morgan fingerprint density at radius 3 is 2.42 bits per heavy atom. The SMILES string of the molecule is CC[C@@H](C)NC(=O)[C@H](C)N(Cc1ccc(OC)cc1)C(=O)CSCc1ccccc1F. The Labute approximate surface area is 188 Å². The zero-order valence-corrected chi connectivity index (χ0v) is 19.4. The van der Waals surface area contributed by atoms with E-state index < -0.39 is 6.04 Å². The molecule has 2 rings (SSSR count). The lowest BCUT2D eigenvalue weighted by Gasteiger charge is -2.29. The van der Waals surface area contributed by atoms with Gasteiger partial charge < -0.3 is 15.0 Å². The molecule has 7 heteroatoms. The summed E-state index contributed by atoms with van der Waals surface area (Å²) in [5, 5.41) is 2.95. The monoisotopic (exact) mass is 446 g/mol. The Morgan fingerprint density at radius 2 is 1.81 bits per heavy atom. The van der Waals surface area contributed by atoms with Gasteiger partial charge in [0.15, 0.2) is 0 Å². The average Bonchev–Trinajstić information content (AvgIpc) is 2.78. The molecule has 2 aromatic rings. The molecule has 0 saturated carbocycles. The molecule has 0 saturated heterocycles. The minimum Gasteiger partial charge on any atom is -0.497 e. The molecule has 0 aliphatic carbocycles. The summed E-state index contributed by atoms with van der Waals surface area (Å²) < 4.78 is 19.0. The van der Waals surface area contributed by atoms with Gasteiger partial charge in [-0.25, -0.2) is 4.39 Å². The van der Waals surface area contributed by atoms with Crippen molar-refractivity contribution in [3.63, 3.8) is 0 Å². The van der Waals surface area contributed by atoms with Crippen LogP contribution in [0.3, 0.4) is 0 Å². The van der Waals surface area contributed by atoms with E-state index in [2.05, 4.69) is 5.32 Å². The quantitative estimate of drug-likeness (QED) is 0.556. The van der Waals surface area contributed by atoms with Gasteiger partial charge >= 0.3 is 0 Å². The fraction of sp³-hybridized carbons (Fsp3) is 0.417. The molecule has 0 aliphatic rings. The zero-order valence-electron chi connectivity index (χ0n) is 18.6. The van der Waals surface area contributed by atoms with Crippen molar-refractivity contribution in [2.45, 2.75) is 51.6 Å². The minimum atomic E-state index is -0.627. The Hall–Kier alpha value is -2.54. The molecule has 0 aliphatic heterocycles. The molecule has 168 valence electrons. The highest BCUT2D eigenvalue weighted by Gasteiger charge is 2.26. The van der Waals surface area contributed by atoms with Crippen molar-refractivity contribution in [2.24, 2.45) is 0 Å². The van der Waals surface area contributed by atoms with Crippen molar-refractivity contribution >= 4 is 23.6 Å². The van der Waals surface area contributed by atoms with Crippen molar-refractivity contribution < 1.29 is 18.7 Å². The van der Waals surface area contributed by atoms with Crippen LogP contribution in [-0.4, -0.2) is 41.7 Å². The first kappa shape index (κ1) is 24.7. The Balaban J connectivity index is 2.09. The first-order valence-electron chi connectivity index (χ1n) is 10.4. The largest absolute Gasteiger partial charge is 0.497 e. The summed E-state index contributed by atoms with van der Waals surface area (Å²) in [6, 6.07) is 13.4. The molecule has 0 heterocycles. The summed E-state index contributed by atoms with van der Waals surface area (Å²) in [4.78, 5) is 27.3. The molecular formula is C24H31FN2O3S. The van der Waals surface area contributed by atoms with Gasteiger partial charge in [0.2, 0.25) is 11.8 Å². The van der Waals surface area contributed by atoms with Gasteiger partial charge in [-0.15, -0.1) is 11.8 Å². The maximum Gasteiger partial charge on any atom is 0.242 e. The van der Waals surface area contributed by atoms with Crippen molar-refractivity contribution in [3.8, 4) is 5.75 Å². The normalized spacial score (nSPS) is 12.7. The van der Waals surface area contributed by atoms with Gasteiger partial charge in [-0.05, 0) is 49.6 Å². The maximum atomic E-state index is 13.8. The van der Waals surface area contributed by atoms with E-state index >= 15 is 0 Å².